The predicted molar refractivity (Wildman–Crippen MR) is 100.0 cm³/mol. The van der Waals surface area contributed by atoms with Crippen LogP contribution in [0.25, 0.3) is 5.70 Å². The van der Waals surface area contributed by atoms with Gasteiger partial charge in [0.2, 0.25) is 0 Å². The van der Waals surface area contributed by atoms with E-state index in [2.05, 4.69) is 37.7 Å². The topological polar surface area (TPSA) is 94.2 Å². The first kappa shape index (κ1) is 18.5. The van der Waals surface area contributed by atoms with Gasteiger partial charge in [-0.15, -0.1) is 0 Å². The Kier molecular flexibility index (Phi) is 5.61. The maximum Gasteiger partial charge on any atom is 0.273 e. The van der Waals surface area contributed by atoms with Crippen molar-refractivity contribution in [2.24, 2.45) is 0 Å². The van der Waals surface area contributed by atoms with Crippen LogP contribution in [0.4, 0.5) is 0 Å². The number of benzene rings is 1. The van der Waals surface area contributed by atoms with Crippen LogP contribution in [0.15, 0.2) is 39.8 Å². The smallest absolute Gasteiger partial charge is 0.273 e. The van der Waals surface area contributed by atoms with Gasteiger partial charge in [0.25, 0.3) is 10.7 Å². The standard InChI is InChI=1S/C17H15BrClN5O2/c1-10(22-16(25)14-9-26-17(18)23-14)8-24-15(4-5-21-24)11-2-3-12(7-20)13(19)6-11/h2-4,6,9-10,21H,5,8H2,1H3,(H,22,25)/t10-/m0/s1. The molecule has 0 saturated carbocycles. The number of aromatic nitrogens is 1. The Morgan fingerprint density at radius 3 is 3.08 bits per heavy atom. The highest BCUT2D eigenvalue weighted by Crippen LogP contribution is 2.26. The summed E-state index contributed by atoms with van der Waals surface area (Å²) in [4.78, 5) is 16.4. The fourth-order valence-corrected chi connectivity index (χ4v) is 3.13. The Morgan fingerprint density at radius 2 is 2.42 bits per heavy atom. The SMILES string of the molecule is C[C@@H](CN1NCC=C1c1ccc(C#N)c(Cl)c1)NC(=O)c1coc(Br)n1. The minimum Gasteiger partial charge on any atom is -0.439 e. The second-order valence-corrected chi connectivity index (χ2v) is 6.81. The van der Waals surface area contributed by atoms with Gasteiger partial charge in [0.15, 0.2) is 5.69 Å². The molecule has 0 bridgehead atoms. The number of hydrazine groups is 1. The van der Waals surface area contributed by atoms with Crippen molar-refractivity contribution in [3.05, 3.63) is 57.2 Å². The van der Waals surface area contributed by atoms with E-state index in [1.807, 2.05) is 24.1 Å². The van der Waals surface area contributed by atoms with E-state index in [0.717, 1.165) is 11.3 Å². The number of oxazole rings is 1. The quantitative estimate of drug-likeness (QED) is 0.748. The lowest BCUT2D eigenvalue weighted by molar-refractivity contribution is 0.0927. The third-order valence-electron chi connectivity index (χ3n) is 3.80. The molecular formula is C17H15BrClN5O2. The molecule has 1 aliphatic rings. The van der Waals surface area contributed by atoms with Gasteiger partial charge in [0.1, 0.15) is 12.3 Å². The van der Waals surface area contributed by atoms with Crippen molar-refractivity contribution in [1.82, 2.24) is 20.7 Å². The van der Waals surface area contributed by atoms with Crippen LogP contribution in [0.1, 0.15) is 28.5 Å². The summed E-state index contributed by atoms with van der Waals surface area (Å²) in [6, 6.07) is 7.21. The molecule has 1 amide bonds. The average Bonchev–Trinajstić information content (AvgIpc) is 3.23. The highest BCUT2D eigenvalue weighted by atomic mass is 79.9. The number of nitrogens with zero attached hydrogens (tertiary/aromatic N) is 3. The van der Waals surface area contributed by atoms with Crippen molar-refractivity contribution in [3.63, 3.8) is 0 Å². The first-order valence-electron chi connectivity index (χ1n) is 7.81. The molecule has 1 aromatic carbocycles. The van der Waals surface area contributed by atoms with E-state index in [1.165, 1.54) is 6.26 Å². The first-order valence-corrected chi connectivity index (χ1v) is 8.98. The molecule has 3 rings (SSSR count). The van der Waals surface area contributed by atoms with Gasteiger partial charge in [-0.3, -0.25) is 4.79 Å². The molecule has 2 heterocycles. The van der Waals surface area contributed by atoms with Gasteiger partial charge >= 0.3 is 0 Å². The van der Waals surface area contributed by atoms with Crippen LogP contribution in [0.2, 0.25) is 5.02 Å². The lowest BCUT2D eigenvalue weighted by atomic mass is 10.1. The Bertz CT molecular complexity index is 905. The average molecular weight is 437 g/mol. The maximum atomic E-state index is 12.2. The van der Waals surface area contributed by atoms with E-state index in [0.29, 0.717) is 23.7 Å². The first-order chi connectivity index (χ1) is 12.5. The second kappa shape index (κ2) is 7.91. The summed E-state index contributed by atoms with van der Waals surface area (Å²) in [5.74, 6) is -0.307. The Hall–Kier alpha value is -2.34. The van der Waals surface area contributed by atoms with Crippen LogP contribution in [-0.4, -0.2) is 35.0 Å². The molecule has 2 aromatic rings. The molecule has 2 N–H and O–H groups in total. The Balaban J connectivity index is 1.66. The van der Waals surface area contributed by atoms with E-state index in [-0.39, 0.29) is 22.4 Å². The van der Waals surface area contributed by atoms with Crippen LogP contribution in [0.3, 0.4) is 0 Å². The van der Waals surface area contributed by atoms with Crippen molar-refractivity contribution in [2.45, 2.75) is 13.0 Å². The number of hydrogen-bond acceptors (Lipinski definition) is 6. The van der Waals surface area contributed by atoms with Crippen molar-refractivity contribution in [2.75, 3.05) is 13.1 Å². The van der Waals surface area contributed by atoms with Crippen molar-refractivity contribution in [3.8, 4) is 6.07 Å². The van der Waals surface area contributed by atoms with Gasteiger partial charge in [-0.25, -0.2) is 5.43 Å². The summed E-state index contributed by atoms with van der Waals surface area (Å²) in [6.45, 7) is 3.11. The molecule has 134 valence electrons. The van der Waals surface area contributed by atoms with E-state index >= 15 is 0 Å². The van der Waals surface area contributed by atoms with Crippen LogP contribution in [0, 0.1) is 11.3 Å². The summed E-state index contributed by atoms with van der Waals surface area (Å²) in [5.41, 5.74) is 5.74. The molecule has 0 aliphatic carbocycles. The van der Waals surface area contributed by atoms with E-state index in [9.17, 15) is 4.79 Å². The molecule has 0 unspecified atom stereocenters. The predicted octanol–water partition coefficient (Wildman–Crippen LogP) is 2.94. The van der Waals surface area contributed by atoms with Crippen LogP contribution in [-0.2, 0) is 0 Å². The normalized spacial score (nSPS) is 14.7. The highest BCUT2D eigenvalue weighted by molar-refractivity contribution is 9.10. The fourth-order valence-electron chi connectivity index (χ4n) is 2.62. The summed E-state index contributed by atoms with van der Waals surface area (Å²) >= 11 is 9.21. The van der Waals surface area contributed by atoms with Gasteiger partial charge in [-0.1, -0.05) is 17.7 Å². The van der Waals surface area contributed by atoms with Gasteiger partial charge in [0, 0.05) is 34.1 Å². The molecule has 0 radical (unpaired) electrons. The lowest BCUT2D eigenvalue weighted by Gasteiger charge is -2.26. The fraction of sp³-hybridized carbons (Fsp3) is 0.235. The summed E-state index contributed by atoms with van der Waals surface area (Å²) < 4.78 is 4.98. The van der Waals surface area contributed by atoms with Crippen LogP contribution >= 0.6 is 27.5 Å². The number of carbonyl (C=O) groups excluding carboxylic acids is 1. The number of halogens is 2. The highest BCUT2D eigenvalue weighted by Gasteiger charge is 2.21. The number of amides is 1. The van der Waals surface area contributed by atoms with Crippen LogP contribution in [0.5, 0.6) is 0 Å². The molecule has 1 atom stereocenters. The number of hydrogen-bond donors (Lipinski definition) is 2. The molecule has 0 fully saturated rings. The molecule has 1 aromatic heterocycles. The minimum absolute atomic E-state index is 0.152. The van der Waals surface area contributed by atoms with Crippen molar-refractivity contribution < 1.29 is 9.21 Å². The van der Waals surface area contributed by atoms with Crippen molar-refractivity contribution in [1.29, 1.82) is 5.26 Å². The number of rotatable bonds is 5. The number of nitrogens with one attached hydrogen (secondary N) is 2. The molecule has 7 nitrogen and oxygen atoms in total. The Labute approximate surface area is 163 Å². The van der Waals surface area contributed by atoms with Gasteiger partial charge in [-0.05, 0) is 25.1 Å². The molecule has 9 heteroatoms. The summed E-state index contributed by atoms with van der Waals surface area (Å²) in [7, 11) is 0. The second-order valence-electron chi connectivity index (χ2n) is 5.73. The van der Waals surface area contributed by atoms with Crippen molar-refractivity contribution >= 4 is 39.1 Å². The Morgan fingerprint density at radius 1 is 1.62 bits per heavy atom. The van der Waals surface area contributed by atoms with E-state index in [1.54, 1.807) is 12.1 Å². The zero-order chi connectivity index (χ0) is 18.7. The summed E-state index contributed by atoms with van der Waals surface area (Å²) in [5, 5.41) is 14.2. The zero-order valence-corrected chi connectivity index (χ0v) is 16.1. The lowest BCUT2D eigenvalue weighted by Crippen LogP contribution is -2.44. The molecular weight excluding hydrogens is 422 g/mol. The number of nitriles is 1. The largest absolute Gasteiger partial charge is 0.439 e. The molecule has 0 saturated heterocycles. The third kappa shape index (κ3) is 4.07. The minimum atomic E-state index is -0.307. The van der Waals surface area contributed by atoms with Crippen LogP contribution < -0.4 is 10.7 Å². The maximum absolute atomic E-state index is 12.2. The van der Waals surface area contributed by atoms with Gasteiger partial charge < -0.3 is 14.7 Å². The van der Waals surface area contributed by atoms with E-state index in [4.69, 9.17) is 21.3 Å². The molecule has 1 aliphatic heterocycles. The van der Waals surface area contributed by atoms with Gasteiger partial charge in [-0.2, -0.15) is 10.2 Å². The monoisotopic (exact) mass is 435 g/mol. The third-order valence-corrected chi connectivity index (χ3v) is 4.47. The summed E-state index contributed by atoms with van der Waals surface area (Å²) in [6.07, 6.45) is 3.32. The zero-order valence-electron chi connectivity index (χ0n) is 13.8. The van der Waals surface area contributed by atoms with E-state index < -0.39 is 0 Å². The number of carbonyl (C=O) groups is 1. The van der Waals surface area contributed by atoms with Gasteiger partial charge in [0.05, 0.1) is 22.8 Å². The molecule has 0 spiro atoms. The molecule has 26 heavy (non-hydrogen) atoms.